The van der Waals surface area contributed by atoms with Crippen LogP contribution in [-0.2, 0) is 46.3 Å². The first kappa shape index (κ1) is 54.8. The van der Waals surface area contributed by atoms with Crippen molar-refractivity contribution < 1.29 is 74.0 Å². The summed E-state index contributed by atoms with van der Waals surface area (Å²) in [4.78, 5) is 103. The summed E-state index contributed by atoms with van der Waals surface area (Å²) < 4.78 is 5.07. The Hall–Kier alpha value is -5.57. The molecule has 0 unspecified atom stereocenters. The summed E-state index contributed by atoms with van der Waals surface area (Å²) in [6, 6.07) is 5.45. The number of carbonyl (C=O) groups excluding carboxylic acids is 5. The van der Waals surface area contributed by atoms with Gasteiger partial charge in [0.15, 0.2) is 22.8 Å². The number of nitrogen functional groups attached to an aromatic ring is 1. The molecule has 25 heteroatoms. The Morgan fingerprint density at radius 1 is 0.833 bits per heavy atom. The Labute approximate surface area is 386 Å². The maximum absolute atomic E-state index is 13.0. The Balaban J connectivity index is 1.28. The van der Waals surface area contributed by atoms with Crippen LogP contribution in [0, 0.1) is 18.8 Å². The van der Waals surface area contributed by atoms with Gasteiger partial charge in [-0.05, 0) is 38.2 Å². The van der Waals surface area contributed by atoms with Gasteiger partial charge in [0, 0.05) is 48.8 Å². The van der Waals surface area contributed by atoms with Crippen LogP contribution in [0.4, 0.5) is 5.82 Å². The second-order valence-corrected chi connectivity index (χ2v) is 17.8. The SMILES string of the molecule is Cc1nc(N)c2nc(CCc3ccc(C(=O)C[C@@H](CCC(=O)NCC(=O)OCCSSC[C@@H](NC(=O)[C@@H](C)CCC(=O)NC[C@H](O)[C@@H](O)[C@H](O)[C@H](O)CO)C(=O)O)C(=O)O)cc3)cnc2n1. The first-order chi connectivity index (χ1) is 31.3. The zero-order valence-corrected chi connectivity index (χ0v) is 37.8. The number of fused-ring (bicyclic) bond motifs is 1. The summed E-state index contributed by atoms with van der Waals surface area (Å²) in [6.07, 6.45) is -5.33. The van der Waals surface area contributed by atoms with Crippen molar-refractivity contribution >= 4 is 80.0 Å². The molecule has 66 heavy (non-hydrogen) atoms. The zero-order chi connectivity index (χ0) is 48.9. The number of anilines is 1. The van der Waals surface area contributed by atoms with Crippen molar-refractivity contribution in [3.63, 3.8) is 0 Å². The van der Waals surface area contributed by atoms with E-state index in [1.54, 1.807) is 37.4 Å². The Morgan fingerprint density at radius 2 is 1.50 bits per heavy atom. The number of aliphatic hydroxyl groups excluding tert-OH is 5. The average molecular weight is 965 g/mol. The number of rotatable bonds is 30. The van der Waals surface area contributed by atoms with Gasteiger partial charge in [-0.15, -0.1) is 0 Å². The molecule has 0 fully saturated rings. The van der Waals surface area contributed by atoms with Crippen LogP contribution < -0.4 is 21.7 Å². The second kappa shape index (κ2) is 27.8. The lowest BCUT2D eigenvalue weighted by Crippen LogP contribution is -2.49. The highest BCUT2D eigenvalue weighted by Gasteiger charge is 2.30. The van der Waals surface area contributed by atoms with E-state index in [1.807, 2.05) is 0 Å². The molecule has 3 aromatic rings. The summed E-state index contributed by atoms with van der Waals surface area (Å²) in [5.74, 6) is -6.65. The lowest BCUT2D eigenvalue weighted by molar-refractivity contribution is -0.144. The molecular formula is C41H56N8O15S2. The van der Waals surface area contributed by atoms with Crippen molar-refractivity contribution in [3.05, 3.63) is 53.1 Å². The van der Waals surface area contributed by atoms with Crippen LogP contribution in [0.15, 0.2) is 30.5 Å². The lowest BCUT2D eigenvalue weighted by Gasteiger charge is -2.25. The quantitative estimate of drug-likeness (QED) is 0.0161. The number of hydrogen-bond donors (Lipinski definition) is 11. The summed E-state index contributed by atoms with van der Waals surface area (Å²) >= 11 is 0. The molecule has 1 aromatic carbocycles. The molecule has 3 rings (SSSR count). The highest BCUT2D eigenvalue weighted by Crippen LogP contribution is 2.23. The second-order valence-electron chi connectivity index (χ2n) is 15.1. The van der Waals surface area contributed by atoms with Crippen molar-refractivity contribution in [2.75, 3.05) is 43.5 Å². The fourth-order valence-corrected chi connectivity index (χ4v) is 7.90. The molecule has 0 aliphatic carbocycles. The number of aliphatic carboxylic acids is 2. The van der Waals surface area contributed by atoms with Crippen LogP contribution >= 0.6 is 21.6 Å². The minimum Gasteiger partial charge on any atom is -0.481 e. The zero-order valence-electron chi connectivity index (χ0n) is 36.2. The van der Waals surface area contributed by atoms with Gasteiger partial charge >= 0.3 is 17.9 Å². The maximum atomic E-state index is 13.0. The number of esters is 1. The van der Waals surface area contributed by atoms with Gasteiger partial charge < -0.3 is 62.2 Å². The first-order valence-electron chi connectivity index (χ1n) is 20.7. The average Bonchev–Trinajstić information content (AvgIpc) is 3.29. The molecule has 23 nitrogen and oxygen atoms in total. The van der Waals surface area contributed by atoms with Crippen LogP contribution in [0.25, 0.3) is 11.2 Å². The highest BCUT2D eigenvalue weighted by molar-refractivity contribution is 8.76. The third-order valence-electron chi connectivity index (χ3n) is 9.92. The van der Waals surface area contributed by atoms with Crippen LogP contribution in [0.2, 0.25) is 0 Å². The molecule has 0 saturated carbocycles. The van der Waals surface area contributed by atoms with E-state index < -0.39 is 103 Å². The molecule has 0 aliphatic heterocycles. The van der Waals surface area contributed by atoms with Gasteiger partial charge in [0.1, 0.15) is 43.3 Å². The summed E-state index contributed by atoms with van der Waals surface area (Å²) in [5, 5.41) is 74.0. The van der Waals surface area contributed by atoms with E-state index in [4.69, 9.17) is 15.6 Å². The fraction of sp³-hybridized carbons (Fsp3) is 0.537. The third-order valence-corrected chi connectivity index (χ3v) is 12.3. The number of Topliss-reactive ketones (excluding diaryl/α,β-unsaturated/α-hetero) is 1. The topological polar surface area (TPSA) is 384 Å². The van der Waals surface area contributed by atoms with Gasteiger partial charge in [-0.3, -0.25) is 28.8 Å². The predicted octanol–water partition coefficient (Wildman–Crippen LogP) is -1.27. The van der Waals surface area contributed by atoms with Crippen molar-refractivity contribution in [1.29, 1.82) is 0 Å². The van der Waals surface area contributed by atoms with E-state index in [9.17, 15) is 64.2 Å². The summed E-state index contributed by atoms with van der Waals surface area (Å²) in [7, 11) is 2.25. The monoisotopic (exact) mass is 964 g/mol. The van der Waals surface area contributed by atoms with Crippen molar-refractivity contribution in [2.45, 2.75) is 89.3 Å². The largest absolute Gasteiger partial charge is 0.481 e. The van der Waals surface area contributed by atoms with Crippen LogP contribution in [0.3, 0.4) is 0 Å². The number of ether oxygens (including phenoxy) is 1. The molecule has 0 bridgehead atoms. The van der Waals surface area contributed by atoms with Crippen LogP contribution in [0.5, 0.6) is 0 Å². The molecule has 3 amide bonds. The Morgan fingerprint density at radius 3 is 2.17 bits per heavy atom. The number of aliphatic hydroxyl groups is 5. The summed E-state index contributed by atoms with van der Waals surface area (Å²) in [6.45, 7) is 1.24. The molecule has 362 valence electrons. The van der Waals surface area contributed by atoms with E-state index >= 15 is 0 Å². The van der Waals surface area contributed by atoms with Gasteiger partial charge in [0.25, 0.3) is 0 Å². The molecule has 2 heterocycles. The van der Waals surface area contributed by atoms with E-state index in [1.165, 1.54) is 6.92 Å². The number of benzene rings is 1. The van der Waals surface area contributed by atoms with Gasteiger partial charge in [-0.2, -0.15) is 0 Å². The van der Waals surface area contributed by atoms with E-state index in [0.29, 0.717) is 41.1 Å². The van der Waals surface area contributed by atoms with Gasteiger partial charge in [0.05, 0.1) is 30.5 Å². The minimum absolute atomic E-state index is 0.00382. The molecule has 0 aliphatic rings. The van der Waals surface area contributed by atoms with Gasteiger partial charge in [0.2, 0.25) is 17.7 Å². The molecule has 7 atom stereocenters. The number of carboxylic acid groups (broad SMARTS) is 2. The molecule has 0 saturated heterocycles. The number of nitrogens with two attached hydrogens (primary N) is 1. The number of carbonyl (C=O) groups is 7. The lowest BCUT2D eigenvalue weighted by atomic mass is 9.93. The Kier molecular flexibility index (Phi) is 23.1. The number of ketones is 1. The summed E-state index contributed by atoms with van der Waals surface area (Å²) in [5.41, 5.74) is 8.69. The molecular weight excluding hydrogens is 909 g/mol. The van der Waals surface area contributed by atoms with Crippen molar-refractivity contribution in [3.8, 4) is 0 Å². The molecule has 12 N–H and O–H groups in total. The normalized spacial score (nSPS) is 14.5. The maximum Gasteiger partial charge on any atom is 0.327 e. The van der Waals surface area contributed by atoms with Crippen molar-refractivity contribution in [2.24, 2.45) is 11.8 Å². The number of nitrogens with zero attached hydrogens (tertiary/aromatic N) is 4. The number of hydrogen-bond acceptors (Lipinski definition) is 20. The number of amides is 3. The highest BCUT2D eigenvalue weighted by atomic mass is 33.1. The smallest absolute Gasteiger partial charge is 0.327 e. The number of carboxylic acids is 2. The van der Waals surface area contributed by atoms with E-state index in [0.717, 1.165) is 27.2 Å². The first-order valence-corrected chi connectivity index (χ1v) is 23.2. The third kappa shape index (κ3) is 18.7. The van der Waals surface area contributed by atoms with Crippen LogP contribution in [-0.4, -0.2) is 165 Å². The molecule has 2 aromatic heterocycles. The number of aromatic nitrogens is 4. The van der Waals surface area contributed by atoms with Gasteiger partial charge in [-0.1, -0.05) is 52.8 Å². The number of aryl methyl sites for hydroxylation is 3. The predicted molar refractivity (Wildman–Crippen MR) is 238 cm³/mol. The molecule has 0 spiro atoms. The van der Waals surface area contributed by atoms with Crippen LogP contribution in [0.1, 0.15) is 66.5 Å². The van der Waals surface area contributed by atoms with Crippen molar-refractivity contribution in [1.82, 2.24) is 35.9 Å². The molecule has 0 radical (unpaired) electrons. The minimum atomic E-state index is -1.86. The number of nitrogens with one attached hydrogen (secondary N) is 3. The fourth-order valence-electron chi connectivity index (χ4n) is 5.92. The Bertz CT molecular complexity index is 2140. The standard InChI is InChI=1S/C41H56N8O15S2/c1-21(3-11-31(54)43-17-29(52)35(57)36(58)30(53)19-50)39(59)49-27(41(62)63)20-66-65-14-13-64-33(56)18-44-32(55)12-9-25(40(60)61)15-28(51)24-7-4-23(5-8-24)6-10-26-16-45-38-34(48-26)37(42)46-22(2)47-38/h4-5,7-8,16,21,25,27,29-30,35-36,50,52-53,57-58H,3,6,9-15,17-20H2,1-2H3,(H,43,54)(H,44,55)(H,49,59)(H,60,61)(H,62,63)(H2,42,45,46,47)/t21-,25+,27+,29-,30+,35+,36+/m0/s1. The van der Waals surface area contributed by atoms with Gasteiger partial charge in [-0.25, -0.2) is 24.7 Å². The van der Waals surface area contributed by atoms with E-state index in [2.05, 4.69) is 35.9 Å². The van der Waals surface area contributed by atoms with E-state index in [-0.39, 0.29) is 56.0 Å².